The second kappa shape index (κ2) is 7.19. The normalized spacial score (nSPS) is 17.9. The van der Waals surface area contributed by atoms with Gasteiger partial charge in [0, 0.05) is 25.5 Å². The lowest BCUT2D eigenvalue weighted by Crippen LogP contribution is -2.46. The first kappa shape index (κ1) is 15.4. The first-order valence-electron chi connectivity index (χ1n) is 7.75. The van der Waals surface area contributed by atoms with Gasteiger partial charge in [-0.15, -0.1) is 0 Å². The largest absolute Gasteiger partial charge is 0.382 e. The molecule has 0 bridgehead atoms. The van der Waals surface area contributed by atoms with Crippen LogP contribution >= 0.6 is 0 Å². The number of anilines is 1. The van der Waals surface area contributed by atoms with Gasteiger partial charge in [0.15, 0.2) is 11.5 Å². The maximum atomic E-state index is 12.5. The third kappa shape index (κ3) is 3.84. The Kier molecular flexibility index (Phi) is 4.83. The molecule has 0 unspecified atom stereocenters. The second-order valence-electron chi connectivity index (χ2n) is 5.56. The molecular weight excluding hydrogens is 292 g/mol. The SMILES string of the molecule is Nc1nccnc1C(=O)N1CCO[C@H](CCc2ccccc2)C1. The van der Waals surface area contributed by atoms with Gasteiger partial charge in [-0.05, 0) is 18.4 Å². The van der Waals surface area contributed by atoms with Gasteiger partial charge in [-0.2, -0.15) is 0 Å². The fourth-order valence-corrected chi connectivity index (χ4v) is 2.71. The van der Waals surface area contributed by atoms with E-state index in [1.807, 2.05) is 18.2 Å². The first-order valence-corrected chi connectivity index (χ1v) is 7.75. The number of carbonyl (C=O) groups is 1. The van der Waals surface area contributed by atoms with E-state index < -0.39 is 0 Å². The lowest BCUT2D eigenvalue weighted by molar-refractivity contribution is -0.0247. The number of carbonyl (C=O) groups excluding carboxylic acids is 1. The molecule has 1 aromatic carbocycles. The average molecular weight is 312 g/mol. The molecule has 6 heteroatoms. The number of aromatic nitrogens is 2. The Morgan fingerprint density at radius 1 is 1.26 bits per heavy atom. The highest BCUT2D eigenvalue weighted by Crippen LogP contribution is 2.15. The fraction of sp³-hybridized carbons (Fsp3) is 0.353. The van der Waals surface area contributed by atoms with Gasteiger partial charge in [0.25, 0.3) is 5.91 Å². The number of rotatable bonds is 4. The molecule has 1 aliphatic rings. The summed E-state index contributed by atoms with van der Waals surface area (Å²) in [7, 11) is 0. The van der Waals surface area contributed by atoms with Crippen LogP contribution in [0.4, 0.5) is 5.82 Å². The summed E-state index contributed by atoms with van der Waals surface area (Å²) in [6, 6.07) is 10.3. The standard InChI is InChI=1S/C17H20N4O2/c18-16-15(19-8-9-20-16)17(22)21-10-11-23-14(12-21)7-6-13-4-2-1-3-5-13/h1-5,8-9,14H,6-7,10-12H2,(H2,18,20)/t14-/m1/s1. The van der Waals surface area contributed by atoms with E-state index in [9.17, 15) is 4.79 Å². The molecule has 1 aromatic heterocycles. The fourth-order valence-electron chi connectivity index (χ4n) is 2.71. The van der Waals surface area contributed by atoms with Gasteiger partial charge in [-0.1, -0.05) is 30.3 Å². The van der Waals surface area contributed by atoms with Crippen LogP contribution in [0.15, 0.2) is 42.7 Å². The van der Waals surface area contributed by atoms with Gasteiger partial charge in [-0.25, -0.2) is 9.97 Å². The summed E-state index contributed by atoms with van der Waals surface area (Å²) in [5.74, 6) is -0.00608. The molecule has 1 aliphatic heterocycles. The van der Waals surface area contributed by atoms with Crippen LogP contribution in [0.1, 0.15) is 22.5 Å². The number of nitrogens with two attached hydrogens (primary N) is 1. The van der Waals surface area contributed by atoms with E-state index in [2.05, 4.69) is 22.1 Å². The zero-order chi connectivity index (χ0) is 16.1. The van der Waals surface area contributed by atoms with Crippen molar-refractivity contribution in [1.82, 2.24) is 14.9 Å². The highest BCUT2D eigenvalue weighted by molar-refractivity contribution is 5.96. The maximum absolute atomic E-state index is 12.5. The monoisotopic (exact) mass is 312 g/mol. The van der Waals surface area contributed by atoms with E-state index in [0.29, 0.717) is 19.7 Å². The van der Waals surface area contributed by atoms with Crippen LogP contribution in [0.2, 0.25) is 0 Å². The zero-order valence-electron chi connectivity index (χ0n) is 12.9. The third-order valence-electron chi connectivity index (χ3n) is 3.95. The van der Waals surface area contributed by atoms with Crippen LogP contribution in [0.3, 0.4) is 0 Å². The van der Waals surface area contributed by atoms with Crippen LogP contribution in [0.25, 0.3) is 0 Å². The molecule has 120 valence electrons. The van der Waals surface area contributed by atoms with E-state index in [1.165, 1.54) is 18.0 Å². The summed E-state index contributed by atoms with van der Waals surface area (Å²) in [5, 5.41) is 0. The number of aryl methyl sites for hydroxylation is 1. The first-order chi connectivity index (χ1) is 11.2. The Bertz CT molecular complexity index is 663. The molecule has 23 heavy (non-hydrogen) atoms. The van der Waals surface area contributed by atoms with Crippen molar-refractivity contribution < 1.29 is 9.53 Å². The highest BCUT2D eigenvalue weighted by Gasteiger charge is 2.27. The van der Waals surface area contributed by atoms with Crippen molar-refractivity contribution in [2.45, 2.75) is 18.9 Å². The van der Waals surface area contributed by atoms with Gasteiger partial charge in [-0.3, -0.25) is 4.79 Å². The summed E-state index contributed by atoms with van der Waals surface area (Å²) < 4.78 is 5.79. The molecule has 1 atom stereocenters. The molecule has 0 spiro atoms. The van der Waals surface area contributed by atoms with Gasteiger partial charge in [0.1, 0.15) is 0 Å². The van der Waals surface area contributed by atoms with Crippen molar-refractivity contribution in [3.8, 4) is 0 Å². The van der Waals surface area contributed by atoms with E-state index in [4.69, 9.17) is 10.5 Å². The minimum absolute atomic E-state index is 0.0332. The molecular formula is C17H20N4O2. The number of ether oxygens (including phenoxy) is 1. The molecule has 2 N–H and O–H groups in total. The molecule has 6 nitrogen and oxygen atoms in total. The van der Waals surface area contributed by atoms with E-state index in [-0.39, 0.29) is 23.5 Å². The minimum Gasteiger partial charge on any atom is -0.382 e. The Morgan fingerprint density at radius 2 is 2.04 bits per heavy atom. The van der Waals surface area contributed by atoms with Crippen molar-refractivity contribution in [3.63, 3.8) is 0 Å². The summed E-state index contributed by atoms with van der Waals surface area (Å²) in [6.45, 7) is 1.64. The number of benzene rings is 1. The number of morpholine rings is 1. The van der Waals surface area contributed by atoms with Crippen molar-refractivity contribution in [3.05, 3.63) is 54.0 Å². The Hall–Kier alpha value is -2.47. The number of nitrogens with zero attached hydrogens (tertiary/aromatic N) is 3. The number of hydrogen-bond donors (Lipinski definition) is 1. The average Bonchev–Trinajstić information content (AvgIpc) is 2.61. The van der Waals surface area contributed by atoms with Gasteiger partial charge in [0.05, 0.1) is 12.7 Å². The summed E-state index contributed by atoms with van der Waals surface area (Å²) in [5.41, 5.74) is 7.24. The van der Waals surface area contributed by atoms with Crippen molar-refractivity contribution >= 4 is 11.7 Å². The third-order valence-corrected chi connectivity index (χ3v) is 3.95. The van der Waals surface area contributed by atoms with Gasteiger partial charge < -0.3 is 15.4 Å². The lowest BCUT2D eigenvalue weighted by Gasteiger charge is -2.33. The van der Waals surface area contributed by atoms with Crippen LogP contribution in [-0.4, -0.2) is 46.6 Å². The molecule has 1 saturated heterocycles. The minimum atomic E-state index is -0.177. The lowest BCUT2D eigenvalue weighted by atomic mass is 10.1. The predicted octanol–water partition coefficient (Wildman–Crippen LogP) is 1.53. The summed E-state index contributed by atoms with van der Waals surface area (Å²) >= 11 is 0. The van der Waals surface area contributed by atoms with Crippen molar-refractivity contribution in [2.24, 2.45) is 0 Å². The second-order valence-corrected chi connectivity index (χ2v) is 5.56. The van der Waals surface area contributed by atoms with Crippen molar-refractivity contribution in [2.75, 3.05) is 25.4 Å². The van der Waals surface area contributed by atoms with E-state index >= 15 is 0 Å². The maximum Gasteiger partial charge on any atom is 0.276 e. The van der Waals surface area contributed by atoms with Gasteiger partial charge >= 0.3 is 0 Å². The van der Waals surface area contributed by atoms with Crippen LogP contribution in [0, 0.1) is 0 Å². The number of nitrogen functional groups attached to an aromatic ring is 1. The van der Waals surface area contributed by atoms with Crippen LogP contribution in [0.5, 0.6) is 0 Å². The quantitative estimate of drug-likeness (QED) is 0.926. The number of hydrogen-bond acceptors (Lipinski definition) is 5. The van der Waals surface area contributed by atoms with Crippen molar-refractivity contribution in [1.29, 1.82) is 0 Å². The van der Waals surface area contributed by atoms with Crippen LogP contribution < -0.4 is 5.73 Å². The summed E-state index contributed by atoms with van der Waals surface area (Å²) in [6.07, 6.45) is 4.81. The predicted molar refractivity (Wildman–Crippen MR) is 86.9 cm³/mol. The van der Waals surface area contributed by atoms with E-state index in [0.717, 1.165) is 12.8 Å². The Balaban J connectivity index is 1.60. The Morgan fingerprint density at radius 3 is 2.83 bits per heavy atom. The smallest absolute Gasteiger partial charge is 0.276 e. The molecule has 0 saturated carbocycles. The Labute approximate surface area is 135 Å². The zero-order valence-corrected chi connectivity index (χ0v) is 12.9. The number of amides is 1. The van der Waals surface area contributed by atoms with Crippen LogP contribution in [-0.2, 0) is 11.2 Å². The molecule has 2 heterocycles. The molecule has 2 aromatic rings. The molecule has 0 radical (unpaired) electrons. The highest BCUT2D eigenvalue weighted by atomic mass is 16.5. The topological polar surface area (TPSA) is 81.3 Å². The molecule has 1 fully saturated rings. The van der Waals surface area contributed by atoms with E-state index in [1.54, 1.807) is 4.90 Å². The molecule has 3 rings (SSSR count). The molecule has 1 amide bonds. The summed E-state index contributed by atoms with van der Waals surface area (Å²) in [4.78, 5) is 22.3. The van der Waals surface area contributed by atoms with Gasteiger partial charge in [0.2, 0.25) is 0 Å². The molecule has 0 aliphatic carbocycles.